The van der Waals surface area contributed by atoms with Crippen LogP contribution in [0, 0.1) is 5.92 Å². The van der Waals surface area contributed by atoms with Crippen molar-refractivity contribution in [3.8, 4) is 11.5 Å². The Morgan fingerprint density at radius 2 is 2.04 bits per heavy atom. The van der Waals surface area contributed by atoms with Crippen LogP contribution in [0.4, 0.5) is 5.95 Å². The second kappa shape index (κ2) is 8.36. The number of ether oxygens (including phenoxy) is 2. The summed E-state index contributed by atoms with van der Waals surface area (Å²) in [7, 11) is 3.20. The van der Waals surface area contributed by atoms with Gasteiger partial charge < -0.3 is 9.47 Å². The predicted molar refractivity (Wildman–Crippen MR) is 101 cm³/mol. The molecule has 146 valence electrons. The number of hydrogen-bond donors (Lipinski definition) is 4. The summed E-state index contributed by atoms with van der Waals surface area (Å²) in [6, 6.07) is 5.30. The molecule has 1 amide bonds. The summed E-state index contributed by atoms with van der Waals surface area (Å²) < 4.78 is 10.6. The van der Waals surface area contributed by atoms with Crippen LogP contribution >= 0.6 is 0 Å². The van der Waals surface area contributed by atoms with Crippen molar-refractivity contribution in [2.75, 3.05) is 19.5 Å². The second-order valence-electron chi connectivity index (χ2n) is 6.94. The van der Waals surface area contributed by atoms with E-state index in [1.807, 2.05) is 18.2 Å². The number of amides is 1. The Kier molecular flexibility index (Phi) is 5.92. The molecule has 27 heavy (non-hydrogen) atoms. The molecule has 1 aromatic heterocycles. The van der Waals surface area contributed by atoms with Gasteiger partial charge in [0.15, 0.2) is 11.5 Å². The van der Waals surface area contributed by atoms with Crippen LogP contribution in [0.25, 0.3) is 0 Å². The molecule has 1 fully saturated rings. The maximum absolute atomic E-state index is 12.5. The van der Waals surface area contributed by atoms with Crippen molar-refractivity contribution >= 4 is 11.9 Å². The van der Waals surface area contributed by atoms with Gasteiger partial charge in [-0.1, -0.05) is 19.9 Å². The van der Waals surface area contributed by atoms with E-state index in [4.69, 9.17) is 9.47 Å². The van der Waals surface area contributed by atoms with Crippen molar-refractivity contribution in [1.82, 2.24) is 26.0 Å². The lowest BCUT2D eigenvalue weighted by molar-refractivity contribution is -0.117. The van der Waals surface area contributed by atoms with E-state index in [0.29, 0.717) is 29.8 Å². The molecule has 0 aliphatic carbocycles. The third-order valence-corrected chi connectivity index (χ3v) is 4.40. The number of hydrazine groups is 1. The number of nitrogens with one attached hydrogen (secondary N) is 4. The molecule has 1 aromatic carbocycles. The van der Waals surface area contributed by atoms with E-state index in [9.17, 15) is 4.79 Å². The number of carbonyl (C=O) groups excluding carboxylic acids is 1. The average Bonchev–Trinajstić information content (AvgIpc) is 3.30. The number of benzene rings is 1. The molecule has 1 aliphatic rings. The normalized spacial score (nSPS) is 19.3. The van der Waals surface area contributed by atoms with E-state index < -0.39 is 6.04 Å². The zero-order valence-electron chi connectivity index (χ0n) is 16.0. The van der Waals surface area contributed by atoms with Crippen molar-refractivity contribution in [3.05, 3.63) is 29.6 Å². The molecule has 9 nitrogen and oxygen atoms in total. The third kappa shape index (κ3) is 4.55. The van der Waals surface area contributed by atoms with Gasteiger partial charge in [0.1, 0.15) is 11.9 Å². The Labute approximate surface area is 158 Å². The number of hydrogen-bond acceptors (Lipinski definition) is 7. The first kappa shape index (κ1) is 19.1. The van der Waals surface area contributed by atoms with Gasteiger partial charge >= 0.3 is 0 Å². The maximum atomic E-state index is 12.5. The number of rotatable bonds is 7. The van der Waals surface area contributed by atoms with E-state index >= 15 is 0 Å². The summed E-state index contributed by atoms with van der Waals surface area (Å²) >= 11 is 0. The first-order valence-electron chi connectivity index (χ1n) is 8.95. The average molecular weight is 374 g/mol. The fourth-order valence-corrected chi connectivity index (χ4v) is 3.04. The highest BCUT2D eigenvalue weighted by Gasteiger charge is 2.31. The van der Waals surface area contributed by atoms with E-state index in [-0.39, 0.29) is 11.9 Å². The highest BCUT2D eigenvalue weighted by molar-refractivity contribution is 5.93. The van der Waals surface area contributed by atoms with Gasteiger partial charge in [-0.2, -0.15) is 4.98 Å². The van der Waals surface area contributed by atoms with Crippen molar-refractivity contribution < 1.29 is 14.3 Å². The SMILES string of the molecule is COc1ccc(C2CC(C(=O)Nc3n[nH]c(CC(C)C)n3)NN2)cc1OC. The summed E-state index contributed by atoms with van der Waals surface area (Å²) in [5.74, 6) is 2.67. The van der Waals surface area contributed by atoms with Gasteiger partial charge in [-0.05, 0) is 30.0 Å². The Morgan fingerprint density at radius 1 is 1.26 bits per heavy atom. The van der Waals surface area contributed by atoms with Crippen LogP contribution in [0.1, 0.15) is 37.7 Å². The lowest BCUT2D eigenvalue weighted by atomic mass is 10.0. The van der Waals surface area contributed by atoms with Crippen LogP contribution in [0.2, 0.25) is 0 Å². The molecule has 0 spiro atoms. The zero-order valence-corrected chi connectivity index (χ0v) is 16.0. The Balaban J connectivity index is 1.60. The monoisotopic (exact) mass is 374 g/mol. The fourth-order valence-electron chi connectivity index (χ4n) is 3.04. The van der Waals surface area contributed by atoms with E-state index in [1.54, 1.807) is 14.2 Å². The van der Waals surface area contributed by atoms with E-state index in [1.165, 1.54) is 0 Å². The van der Waals surface area contributed by atoms with Gasteiger partial charge in [-0.3, -0.25) is 15.2 Å². The minimum absolute atomic E-state index is 0.0239. The highest BCUT2D eigenvalue weighted by Crippen LogP contribution is 2.32. The molecule has 2 aromatic rings. The van der Waals surface area contributed by atoms with Crippen LogP contribution in [0.5, 0.6) is 11.5 Å². The van der Waals surface area contributed by atoms with Crippen LogP contribution in [-0.2, 0) is 11.2 Å². The predicted octanol–water partition coefficient (Wildman–Crippen LogP) is 1.57. The molecule has 2 atom stereocenters. The Hall–Kier alpha value is -2.65. The van der Waals surface area contributed by atoms with E-state index in [0.717, 1.165) is 17.8 Å². The Morgan fingerprint density at radius 3 is 2.74 bits per heavy atom. The summed E-state index contributed by atoms with van der Waals surface area (Å²) in [4.78, 5) is 16.8. The lowest BCUT2D eigenvalue weighted by Crippen LogP contribution is -2.39. The van der Waals surface area contributed by atoms with Gasteiger partial charge in [0.05, 0.1) is 14.2 Å². The van der Waals surface area contributed by atoms with Crippen LogP contribution in [0.15, 0.2) is 18.2 Å². The number of aromatic amines is 1. The quantitative estimate of drug-likeness (QED) is 0.582. The smallest absolute Gasteiger partial charge is 0.248 e. The largest absolute Gasteiger partial charge is 0.493 e. The van der Waals surface area contributed by atoms with Crippen LogP contribution in [-0.4, -0.2) is 41.3 Å². The molecule has 0 bridgehead atoms. The number of nitrogens with zero attached hydrogens (tertiary/aromatic N) is 2. The molecule has 1 aliphatic heterocycles. The van der Waals surface area contributed by atoms with Gasteiger partial charge in [0, 0.05) is 12.5 Å². The first-order chi connectivity index (χ1) is 13.0. The summed E-state index contributed by atoms with van der Waals surface area (Å²) in [5, 5.41) is 9.66. The van der Waals surface area contributed by atoms with Gasteiger partial charge in [0.25, 0.3) is 0 Å². The van der Waals surface area contributed by atoms with Crippen LogP contribution in [0.3, 0.4) is 0 Å². The van der Waals surface area contributed by atoms with Crippen molar-refractivity contribution in [2.24, 2.45) is 5.92 Å². The topological polar surface area (TPSA) is 113 Å². The number of H-pyrrole nitrogens is 1. The number of carbonyl (C=O) groups is 1. The summed E-state index contributed by atoms with van der Waals surface area (Å²) in [6.45, 7) is 4.20. The van der Waals surface area contributed by atoms with Gasteiger partial charge in [0.2, 0.25) is 11.9 Å². The highest BCUT2D eigenvalue weighted by atomic mass is 16.5. The molecule has 1 saturated heterocycles. The Bertz CT molecular complexity index is 791. The number of aromatic nitrogens is 3. The maximum Gasteiger partial charge on any atom is 0.248 e. The van der Waals surface area contributed by atoms with Crippen molar-refractivity contribution in [3.63, 3.8) is 0 Å². The number of anilines is 1. The standard InChI is InChI=1S/C18H26N6O3/c1-10(2)7-16-19-18(24-23-16)20-17(25)13-9-12(21-22-13)11-5-6-14(26-3)15(8-11)27-4/h5-6,8,10,12-13,21-22H,7,9H2,1-4H3,(H2,19,20,23,24,25). The molecule has 0 radical (unpaired) electrons. The minimum atomic E-state index is -0.393. The molecule has 3 rings (SSSR count). The molecule has 4 N–H and O–H groups in total. The zero-order chi connectivity index (χ0) is 19.4. The summed E-state index contributed by atoms with van der Waals surface area (Å²) in [5.41, 5.74) is 7.19. The third-order valence-electron chi connectivity index (χ3n) is 4.40. The first-order valence-corrected chi connectivity index (χ1v) is 8.95. The van der Waals surface area contributed by atoms with Crippen molar-refractivity contribution in [1.29, 1.82) is 0 Å². The minimum Gasteiger partial charge on any atom is -0.493 e. The molecule has 0 saturated carbocycles. The van der Waals surface area contributed by atoms with Crippen molar-refractivity contribution in [2.45, 2.75) is 38.8 Å². The number of methoxy groups -OCH3 is 2. The molecular weight excluding hydrogens is 348 g/mol. The van der Waals surface area contributed by atoms with Crippen LogP contribution < -0.4 is 25.6 Å². The summed E-state index contributed by atoms with van der Waals surface area (Å²) in [6.07, 6.45) is 1.37. The molecule has 9 heteroatoms. The molecule has 2 heterocycles. The van der Waals surface area contributed by atoms with Gasteiger partial charge in [-0.25, -0.2) is 10.9 Å². The second-order valence-corrected chi connectivity index (χ2v) is 6.94. The molecule has 2 unspecified atom stereocenters. The van der Waals surface area contributed by atoms with E-state index in [2.05, 4.69) is 45.2 Å². The fraction of sp³-hybridized carbons (Fsp3) is 0.500. The molecular formula is C18H26N6O3. The lowest BCUT2D eigenvalue weighted by Gasteiger charge is -2.13. The van der Waals surface area contributed by atoms with Gasteiger partial charge in [-0.15, -0.1) is 5.10 Å².